The number of hydrogen-bond acceptors (Lipinski definition) is 3. The molecule has 1 aromatic carbocycles. The van der Waals surface area contributed by atoms with Gasteiger partial charge < -0.3 is 16.0 Å². The van der Waals surface area contributed by atoms with Crippen LogP contribution in [-0.2, 0) is 13.1 Å². The average molecular weight is 399 g/mol. The highest BCUT2D eigenvalue weighted by atomic mass is 19.1. The van der Waals surface area contributed by atoms with Gasteiger partial charge in [-0.2, -0.15) is 5.10 Å². The number of hydrogen-bond donors (Lipinski definition) is 2. The van der Waals surface area contributed by atoms with Crippen LogP contribution in [0.3, 0.4) is 0 Å². The molecule has 0 bridgehead atoms. The van der Waals surface area contributed by atoms with E-state index in [0.717, 1.165) is 12.8 Å². The van der Waals surface area contributed by atoms with Crippen LogP contribution in [0.5, 0.6) is 0 Å². The van der Waals surface area contributed by atoms with Crippen molar-refractivity contribution >= 4 is 11.9 Å². The number of benzene rings is 1. The number of nitrogens with one attached hydrogen (secondary N) is 1. The number of urea groups is 1. The van der Waals surface area contributed by atoms with Gasteiger partial charge in [0, 0.05) is 11.1 Å². The second kappa shape index (κ2) is 6.30. The monoisotopic (exact) mass is 399 g/mol. The van der Waals surface area contributed by atoms with Gasteiger partial charge in [-0.1, -0.05) is 0 Å². The lowest BCUT2D eigenvalue weighted by atomic mass is 10.0. The maximum absolute atomic E-state index is 13.7. The fourth-order valence-electron chi connectivity index (χ4n) is 3.97. The lowest BCUT2D eigenvalue weighted by Crippen LogP contribution is -2.56. The van der Waals surface area contributed by atoms with E-state index in [1.807, 2.05) is 20.8 Å². The zero-order valence-corrected chi connectivity index (χ0v) is 17.2. The number of amides is 3. The van der Waals surface area contributed by atoms with Crippen LogP contribution in [0.4, 0.5) is 9.18 Å². The van der Waals surface area contributed by atoms with Crippen LogP contribution >= 0.6 is 0 Å². The van der Waals surface area contributed by atoms with Crippen LogP contribution in [0.15, 0.2) is 18.2 Å². The Bertz CT molecular complexity index is 1020. The number of aromatic nitrogens is 2. The molecule has 2 heterocycles. The van der Waals surface area contributed by atoms with Crippen molar-refractivity contribution in [1.82, 2.24) is 20.0 Å². The largest absolute Gasteiger partial charge is 0.365 e. The SMILES string of the molecule is Cc1cc(-c2nn3c(c2C(N)=O)CN(C(=O)NC(C)(C)C)C2(CC2)C3)ccc1F. The highest BCUT2D eigenvalue weighted by molar-refractivity contribution is 6.00. The molecular formula is C21H26FN5O2. The quantitative estimate of drug-likeness (QED) is 0.813. The molecule has 0 saturated heterocycles. The maximum atomic E-state index is 13.7. The maximum Gasteiger partial charge on any atom is 0.318 e. The van der Waals surface area contributed by atoms with Crippen molar-refractivity contribution in [3.63, 3.8) is 0 Å². The van der Waals surface area contributed by atoms with Crippen molar-refractivity contribution < 1.29 is 14.0 Å². The first kappa shape index (κ1) is 19.4. The summed E-state index contributed by atoms with van der Waals surface area (Å²) < 4.78 is 15.5. The standard InChI is InChI=1S/C21H26FN5O2/c1-12-9-13(5-6-14(12)22)17-16(18(23)28)15-10-26(19(29)24-20(2,3)4)21(7-8-21)11-27(15)25-17/h5-6,9H,7-8,10-11H2,1-4H3,(H2,23,28)(H,24,29). The molecule has 2 aliphatic rings. The van der Waals surface area contributed by atoms with Crippen LogP contribution in [0.1, 0.15) is 55.2 Å². The number of nitrogens with zero attached hydrogens (tertiary/aromatic N) is 3. The van der Waals surface area contributed by atoms with Crippen LogP contribution in [0.25, 0.3) is 11.3 Å². The molecule has 1 fully saturated rings. The van der Waals surface area contributed by atoms with Gasteiger partial charge in [0.1, 0.15) is 11.5 Å². The van der Waals surface area contributed by atoms with E-state index in [9.17, 15) is 14.0 Å². The van der Waals surface area contributed by atoms with E-state index in [1.54, 1.807) is 28.6 Å². The Morgan fingerprint density at radius 1 is 1.28 bits per heavy atom. The van der Waals surface area contributed by atoms with Crippen LogP contribution in [0.2, 0.25) is 0 Å². The number of nitrogens with two attached hydrogens (primary N) is 1. The fraction of sp³-hybridized carbons (Fsp3) is 0.476. The molecule has 8 heteroatoms. The van der Waals surface area contributed by atoms with E-state index in [0.29, 0.717) is 34.6 Å². The van der Waals surface area contributed by atoms with Gasteiger partial charge in [0.25, 0.3) is 5.91 Å². The molecule has 4 rings (SSSR count). The van der Waals surface area contributed by atoms with Gasteiger partial charge >= 0.3 is 6.03 Å². The van der Waals surface area contributed by atoms with Crippen molar-refractivity contribution in [2.24, 2.45) is 5.73 Å². The number of fused-ring (bicyclic) bond motifs is 1. The van der Waals surface area contributed by atoms with Gasteiger partial charge in [-0.25, -0.2) is 9.18 Å². The molecular weight excluding hydrogens is 373 g/mol. The molecule has 0 radical (unpaired) electrons. The molecule has 7 nitrogen and oxygen atoms in total. The number of carbonyl (C=O) groups is 2. The molecule has 154 valence electrons. The number of primary amides is 1. The van der Waals surface area contributed by atoms with Gasteiger partial charge in [-0.3, -0.25) is 9.48 Å². The third kappa shape index (κ3) is 3.36. The first-order chi connectivity index (χ1) is 13.5. The van der Waals surface area contributed by atoms with Gasteiger partial charge in [-0.15, -0.1) is 0 Å². The van der Waals surface area contributed by atoms with Crippen molar-refractivity contribution in [2.75, 3.05) is 0 Å². The summed E-state index contributed by atoms with van der Waals surface area (Å²) in [5.74, 6) is -0.925. The summed E-state index contributed by atoms with van der Waals surface area (Å²) in [6.07, 6.45) is 1.78. The molecule has 3 N–H and O–H groups in total. The van der Waals surface area contributed by atoms with Gasteiger partial charge in [0.05, 0.1) is 29.9 Å². The van der Waals surface area contributed by atoms with E-state index < -0.39 is 5.91 Å². The molecule has 1 saturated carbocycles. The summed E-state index contributed by atoms with van der Waals surface area (Å²) in [5.41, 5.74) is 7.51. The molecule has 0 atom stereocenters. The van der Waals surface area contributed by atoms with E-state index >= 15 is 0 Å². The number of halogens is 1. The summed E-state index contributed by atoms with van der Waals surface area (Å²) in [6.45, 7) is 8.23. The van der Waals surface area contributed by atoms with Crippen LogP contribution in [-0.4, -0.2) is 37.7 Å². The summed E-state index contributed by atoms with van der Waals surface area (Å²) in [6, 6.07) is 4.46. The molecule has 2 aromatic rings. The highest BCUT2D eigenvalue weighted by Gasteiger charge is 2.54. The smallest absolute Gasteiger partial charge is 0.318 e. The normalized spacial score (nSPS) is 17.2. The molecule has 1 aromatic heterocycles. The molecule has 1 aliphatic carbocycles. The van der Waals surface area contributed by atoms with E-state index in [-0.39, 0.29) is 29.5 Å². The Kier molecular flexibility index (Phi) is 4.22. The van der Waals surface area contributed by atoms with Crippen molar-refractivity contribution in [3.05, 3.63) is 40.8 Å². The Morgan fingerprint density at radius 2 is 1.97 bits per heavy atom. The molecule has 3 amide bonds. The number of rotatable bonds is 2. The van der Waals surface area contributed by atoms with E-state index in [4.69, 9.17) is 5.73 Å². The topological polar surface area (TPSA) is 93.2 Å². The van der Waals surface area contributed by atoms with Crippen molar-refractivity contribution in [2.45, 2.75) is 64.7 Å². The molecule has 1 spiro atoms. The van der Waals surface area contributed by atoms with Gasteiger partial charge in [0.2, 0.25) is 0 Å². The lowest BCUT2D eigenvalue weighted by molar-refractivity contribution is 0.0988. The predicted molar refractivity (Wildman–Crippen MR) is 107 cm³/mol. The third-order valence-corrected chi connectivity index (χ3v) is 5.61. The summed E-state index contributed by atoms with van der Waals surface area (Å²) in [5, 5.41) is 7.67. The Hall–Kier alpha value is -2.90. The molecule has 29 heavy (non-hydrogen) atoms. The average Bonchev–Trinajstić information content (AvgIpc) is 3.25. The van der Waals surface area contributed by atoms with E-state index in [1.165, 1.54) is 6.07 Å². The highest BCUT2D eigenvalue weighted by Crippen LogP contribution is 2.47. The van der Waals surface area contributed by atoms with Crippen molar-refractivity contribution in [1.29, 1.82) is 0 Å². The van der Waals surface area contributed by atoms with Gasteiger partial charge in [0.15, 0.2) is 0 Å². The van der Waals surface area contributed by atoms with E-state index in [2.05, 4.69) is 10.4 Å². The molecule has 1 aliphatic heterocycles. The zero-order valence-electron chi connectivity index (χ0n) is 17.2. The minimum atomic E-state index is -0.605. The van der Waals surface area contributed by atoms with Crippen LogP contribution in [0, 0.1) is 12.7 Å². The fourth-order valence-corrected chi connectivity index (χ4v) is 3.97. The predicted octanol–water partition coefficient (Wildman–Crippen LogP) is 2.95. The van der Waals surface area contributed by atoms with Gasteiger partial charge in [-0.05, 0) is 64.3 Å². The summed E-state index contributed by atoms with van der Waals surface area (Å²) in [7, 11) is 0. The number of aryl methyl sites for hydroxylation is 1. The van der Waals surface area contributed by atoms with Crippen LogP contribution < -0.4 is 11.1 Å². The first-order valence-corrected chi connectivity index (χ1v) is 9.77. The zero-order chi connectivity index (χ0) is 21.1. The minimum absolute atomic E-state index is 0.156. The Morgan fingerprint density at radius 3 is 2.52 bits per heavy atom. The lowest BCUT2D eigenvalue weighted by Gasteiger charge is -2.38. The first-order valence-electron chi connectivity index (χ1n) is 9.77. The Balaban J connectivity index is 1.78. The Labute approximate surface area is 169 Å². The number of carbonyl (C=O) groups excluding carboxylic acids is 2. The second-order valence-electron chi connectivity index (χ2n) is 9.15. The summed E-state index contributed by atoms with van der Waals surface area (Å²) >= 11 is 0. The van der Waals surface area contributed by atoms with Crippen molar-refractivity contribution in [3.8, 4) is 11.3 Å². The summed E-state index contributed by atoms with van der Waals surface area (Å²) in [4.78, 5) is 27.1. The second-order valence-corrected chi connectivity index (χ2v) is 9.15. The minimum Gasteiger partial charge on any atom is -0.365 e. The third-order valence-electron chi connectivity index (χ3n) is 5.61. The molecule has 0 unspecified atom stereocenters.